The first-order valence-corrected chi connectivity index (χ1v) is 5.37. The lowest BCUT2D eigenvalue weighted by atomic mass is 10.1. The van der Waals surface area contributed by atoms with Gasteiger partial charge in [0.15, 0.2) is 5.82 Å². The first kappa shape index (κ1) is 13.3. The molecule has 17 heavy (non-hydrogen) atoms. The number of nitrogens with zero attached hydrogens (tertiary/aromatic N) is 2. The van der Waals surface area contributed by atoms with E-state index in [1.807, 2.05) is 0 Å². The summed E-state index contributed by atoms with van der Waals surface area (Å²) in [6, 6.07) is 0. The maximum atomic E-state index is 10.6. The van der Waals surface area contributed by atoms with Crippen molar-refractivity contribution in [2.24, 2.45) is 0 Å². The van der Waals surface area contributed by atoms with Crippen molar-refractivity contribution in [1.82, 2.24) is 9.97 Å². The molecule has 1 N–H and O–H groups in total. The van der Waals surface area contributed by atoms with Gasteiger partial charge in [-0.05, 0) is 24.8 Å². The van der Waals surface area contributed by atoms with Crippen LogP contribution < -0.4 is 0 Å². The number of carboxylic acids is 1. The van der Waals surface area contributed by atoms with E-state index < -0.39 is 5.97 Å². The Morgan fingerprint density at radius 1 is 1.41 bits per heavy atom. The molecule has 5 nitrogen and oxygen atoms in total. The highest BCUT2D eigenvalue weighted by Crippen LogP contribution is 2.14. The van der Waals surface area contributed by atoms with Crippen LogP contribution in [0.25, 0.3) is 5.57 Å². The van der Waals surface area contributed by atoms with Gasteiger partial charge in [0.25, 0.3) is 0 Å². The molecule has 0 aliphatic carbocycles. The first-order valence-electron chi connectivity index (χ1n) is 5.37. The molecule has 0 fully saturated rings. The van der Waals surface area contributed by atoms with Crippen LogP contribution in [0.1, 0.15) is 35.4 Å². The van der Waals surface area contributed by atoms with E-state index in [1.54, 1.807) is 7.11 Å². The summed E-state index contributed by atoms with van der Waals surface area (Å²) in [6.45, 7) is 4.61. The number of aromatic nitrogens is 2. The standard InChI is InChI=1S/C12H16N2O3/c1-9(5-3-4-6-17-2)11-13-7-10(8-14-11)12(15)16/h7-8H,1,3-6H2,2H3,(H,15,16). The molecule has 0 amide bonds. The van der Waals surface area contributed by atoms with Gasteiger partial charge in [-0.1, -0.05) is 6.58 Å². The van der Waals surface area contributed by atoms with Crippen LogP contribution in [0.15, 0.2) is 19.0 Å². The van der Waals surface area contributed by atoms with Crippen molar-refractivity contribution in [3.8, 4) is 0 Å². The highest BCUT2D eigenvalue weighted by molar-refractivity contribution is 5.86. The predicted octanol–water partition coefficient (Wildman–Crippen LogP) is 2.00. The molecule has 0 atom stereocenters. The fourth-order valence-corrected chi connectivity index (χ4v) is 1.32. The van der Waals surface area contributed by atoms with Crippen LogP contribution >= 0.6 is 0 Å². The van der Waals surface area contributed by atoms with E-state index in [2.05, 4.69) is 16.5 Å². The lowest BCUT2D eigenvalue weighted by Crippen LogP contribution is -2.01. The zero-order chi connectivity index (χ0) is 12.7. The quantitative estimate of drug-likeness (QED) is 0.733. The highest BCUT2D eigenvalue weighted by atomic mass is 16.5. The summed E-state index contributed by atoms with van der Waals surface area (Å²) in [5.41, 5.74) is 0.902. The maximum Gasteiger partial charge on any atom is 0.338 e. The number of hydrogen-bond donors (Lipinski definition) is 1. The van der Waals surface area contributed by atoms with E-state index in [4.69, 9.17) is 9.84 Å². The number of aromatic carboxylic acids is 1. The SMILES string of the molecule is C=C(CCCCOC)c1ncc(C(=O)O)cn1. The molecule has 1 heterocycles. The minimum Gasteiger partial charge on any atom is -0.478 e. The summed E-state index contributed by atoms with van der Waals surface area (Å²) < 4.78 is 4.95. The zero-order valence-corrected chi connectivity index (χ0v) is 9.85. The number of carboxylic acid groups (broad SMARTS) is 1. The van der Waals surface area contributed by atoms with Gasteiger partial charge in [0.05, 0.1) is 5.56 Å². The summed E-state index contributed by atoms with van der Waals surface area (Å²) in [6.07, 6.45) is 5.30. The van der Waals surface area contributed by atoms with E-state index in [-0.39, 0.29) is 5.56 Å². The Balaban J connectivity index is 2.49. The number of rotatable bonds is 7. The predicted molar refractivity (Wildman–Crippen MR) is 63.8 cm³/mol. The van der Waals surface area contributed by atoms with Crippen LogP contribution in [-0.4, -0.2) is 34.8 Å². The van der Waals surface area contributed by atoms with Crippen LogP contribution in [0.4, 0.5) is 0 Å². The lowest BCUT2D eigenvalue weighted by molar-refractivity contribution is 0.0696. The molecule has 5 heteroatoms. The topological polar surface area (TPSA) is 72.3 Å². The largest absolute Gasteiger partial charge is 0.478 e. The summed E-state index contributed by atoms with van der Waals surface area (Å²) in [5.74, 6) is -0.519. The highest BCUT2D eigenvalue weighted by Gasteiger charge is 2.06. The average Bonchev–Trinajstić information content (AvgIpc) is 2.34. The van der Waals surface area contributed by atoms with Gasteiger partial charge >= 0.3 is 5.97 Å². The molecule has 0 aliphatic rings. The number of unbranched alkanes of at least 4 members (excludes halogenated alkanes) is 1. The molecular formula is C12H16N2O3. The van der Waals surface area contributed by atoms with E-state index in [9.17, 15) is 4.79 Å². The number of methoxy groups -OCH3 is 1. The monoisotopic (exact) mass is 236 g/mol. The zero-order valence-electron chi connectivity index (χ0n) is 9.85. The molecule has 0 radical (unpaired) electrons. The number of carbonyl (C=O) groups is 1. The van der Waals surface area contributed by atoms with Crippen molar-refractivity contribution in [3.05, 3.63) is 30.4 Å². The van der Waals surface area contributed by atoms with Crippen LogP contribution in [-0.2, 0) is 4.74 Å². The molecule has 1 aromatic heterocycles. The first-order chi connectivity index (χ1) is 8.15. The second-order valence-electron chi connectivity index (χ2n) is 3.65. The second-order valence-corrected chi connectivity index (χ2v) is 3.65. The van der Waals surface area contributed by atoms with Crippen molar-refractivity contribution >= 4 is 11.5 Å². The lowest BCUT2D eigenvalue weighted by Gasteiger charge is -2.04. The summed E-state index contributed by atoms with van der Waals surface area (Å²) in [5, 5.41) is 8.70. The van der Waals surface area contributed by atoms with Gasteiger partial charge in [0, 0.05) is 26.1 Å². The summed E-state index contributed by atoms with van der Waals surface area (Å²) >= 11 is 0. The minimum absolute atomic E-state index is 0.0842. The Bertz CT molecular complexity index is 387. The van der Waals surface area contributed by atoms with Crippen molar-refractivity contribution in [2.75, 3.05) is 13.7 Å². The van der Waals surface area contributed by atoms with Crippen molar-refractivity contribution in [2.45, 2.75) is 19.3 Å². The van der Waals surface area contributed by atoms with Crippen LogP contribution in [0.3, 0.4) is 0 Å². The fourth-order valence-electron chi connectivity index (χ4n) is 1.32. The molecular weight excluding hydrogens is 220 g/mol. The van der Waals surface area contributed by atoms with Gasteiger partial charge in [-0.25, -0.2) is 14.8 Å². The van der Waals surface area contributed by atoms with Crippen LogP contribution in [0, 0.1) is 0 Å². The summed E-state index contributed by atoms with van der Waals surface area (Å²) in [4.78, 5) is 18.6. The van der Waals surface area contributed by atoms with Gasteiger partial charge < -0.3 is 9.84 Å². The van der Waals surface area contributed by atoms with E-state index in [0.717, 1.165) is 31.4 Å². The fraction of sp³-hybridized carbons (Fsp3) is 0.417. The van der Waals surface area contributed by atoms with E-state index >= 15 is 0 Å². The van der Waals surface area contributed by atoms with Crippen molar-refractivity contribution < 1.29 is 14.6 Å². The van der Waals surface area contributed by atoms with Crippen LogP contribution in [0.2, 0.25) is 0 Å². The third-order valence-electron chi connectivity index (χ3n) is 2.29. The maximum absolute atomic E-state index is 10.6. The molecule has 0 aromatic carbocycles. The third kappa shape index (κ3) is 4.32. The normalized spacial score (nSPS) is 10.2. The molecule has 92 valence electrons. The molecule has 1 rings (SSSR count). The van der Waals surface area contributed by atoms with Crippen molar-refractivity contribution in [1.29, 1.82) is 0 Å². The Morgan fingerprint density at radius 3 is 2.59 bits per heavy atom. The van der Waals surface area contributed by atoms with Crippen LogP contribution in [0.5, 0.6) is 0 Å². The molecule has 0 spiro atoms. The average molecular weight is 236 g/mol. The van der Waals surface area contributed by atoms with Gasteiger partial charge in [0.1, 0.15) is 0 Å². The molecule has 1 aromatic rings. The molecule has 0 unspecified atom stereocenters. The number of ether oxygens (including phenoxy) is 1. The number of allylic oxidation sites excluding steroid dienone is 1. The van der Waals surface area contributed by atoms with Gasteiger partial charge in [0.2, 0.25) is 0 Å². The second kappa shape index (κ2) is 6.75. The Morgan fingerprint density at radius 2 is 2.06 bits per heavy atom. The third-order valence-corrected chi connectivity index (χ3v) is 2.29. The molecule has 0 bridgehead atoms. The van der Waals surface area contributed by atoms with E-state index in [0.29, 0.717) is 5.82 Å². The molecule has 0 aliphatic heterocycles. The Kier molecular flexibility index (Phi) is 5.29. The Labute approximate surface area is 100 Å². The van der Waals surface area contributed by atoms with Crippen molar-refractivity contribution in [3.63, 3.8) is 0 Å². The molecule has 0 saturated carbocycles. The van der Waals surface area contributed by atoms with Gasteiger partial charge in [-0.3, -0.25) is 0 Å². The molecule has 0 saturated heterocycles. The Hall–Kier alpha value is -1.75. The summed E-state index contributed by atoms with van der Waals surface area (Å²) in [7, 11) is 1.67. The minimum atomic E-state index is -1.03. The van der Waals surface area contributed by atoms with E-state index in [1.165, 1.54) is 12.4 Å². The van der Waals surface area contributed by atoms with Gasteiger partial charge in [-0.15, -0.1) is 0 Å². The smallest absolute Gasteiger partial charge is 0.338 e. The number of hydrogen-bond acceptors (Lipinski definition) is 4. The van der Waals surface area contributed by atoms with Gasteiger partial charge in [-0.2, -0.15) is 0 Å².